The molecular formula is C11H18N4O3. The van der Waals surface area contributed by atoms with Crippen LogP contribution >= 0.6 is 0 Å². The fraction of sp³-hybridized carbons (Fsp3) is 0.636. The Balaban J connectivity index is 2.50. The Labute approximate surface area is 104 Å². The van der Waals surface area contributed by atoms with Crippen LogP contribution in [0.2, 0.25) is 0 Å². The number of rotatable bonds is 2. The van der Waals surface area contributed by atoms with Gasteiger partial charge in [-0.2, -0.15) is 0 Å². The Bertz CT molecular complexity index is 548. The average Bonchev–Trinajstić information content (AvgIpc) is 2.28. The van der Waals surface area contributed by atoms with E-state index in [1.54, 1.807) is 11.8 Å². The quantitative estimate of drug-likeness (QED) is 0.634. The molecule has 0 aliphatic carbocycles. The molecule has 1 fully saturated rings. The summed E-state index contributed by atoms with van der Waals surface area (Å²) >= 11 is 0. The number of nitrogen functional groups attached to an aromatic ring is 1. The molecule has 4 N–H and O–H groups in total. The molecule has 0 radical (unpaired) electrons. The summed E-state index contributed by atoms with van der Waals surface area (Å²) < 4.78 is 1.32. The SMILES string of the molecule is CCn1c(N)c(N2CCC[C@H](O)C2)c(=O)[nH]c1=O. The van der Waals surface area contributed by atoms with Gasteiger partial charge in [0.05, 0.1) is 6.10 Å². The van der Waals surface area contributed by atoms with Gasteiger partial charge in [-0.1, -0.05) is 0 Å². The average molecular weight is 254 g/mol. The number of aliphatic hydroxyl groups excluding tert-OH is 1. The Hall–Kier alpha value is -1.76. The van der Waals surface area contributed by atoms with Crippen molar-refractivity contribution in [1.82, 2.24) is 9.55 Å². The van der Waals surface area contributed by atoms with Crippen LogP contribution in [0.1, 0.15) is 19.8 Å². The standard InChI is InChI=1S/C11H18N4O3/c1-2-15-9(12)8(10(17)13-11(15)18)14-5-3-4-7(16)6-14/h7,16H,2-6,12H2,1H3,(H,13,17,18)/t7-/m0/s1. The first-order chi connectivity index (χ1) is 8.54. The number of piperidine rings is 1. The number of H-pyrrole nitrogens is 1. The zero-order valence-corrected chi connectivity index (χ0v) is 10.3. The number of hydrogen-bond acceptors (Lipinski definition) is 5. The van der Waals surface area contributed by atoms with Crippen LogP contribution in [0.3, 0.4) is 0 Å². The summed E-state index contributed by atoms with van der Waals surface area (Å²) in [6.07, 6.45) is 1.06. The summed E-state index contributed by atoms with van der Waals surface area (Å²) in [5.41, 5.74) is 5.19. The van der Waals surface area contributed by atoms with Crippen molar-refractivity contribution in [2.24, 2.45) is 0 Å². The van der Waals surface area contributed by atoms with Crippen molar-refractivity contribution in [3.8, 4) is 0 Å². The molecule has 1 aliphatic rings. The molecule has 1 aliphatic heterocycles. The van der Waals surface area contributed by atoms with Crippen molar-refractivity contribution in [3.05, 3.63) is 20.8 Å². The smallest absolute Gasteiger partial charge is 0.330 e. The van der Waals surface area contributed by atoms with Crippen LogP contribution in [0.5, 0.6) is 0 Å². The number of β-amino-alcohol motifs (C(OH)–C–C–N with tert-alkyl or cyclic N) is 1. The third-order valence-electron chi connectivity index (χ3n) is 3.24. The van der Waals surface area contributed by atoms with Gasteiger partial charge >= 0.3 is 5.69 Å². The van der Waals surface area contributed by atoms with E-state index in [-0.39, 0.29) is 11.5 Å². The molecule has 1 aromatic heterocycles. The highest BCUT2D eigenvalue weighted by atomic mass is 16.3. The minimum absolute atomic E-state index is 0.167. The topological polar surface area (TPSA) is 104 Å². The summed E-state index contributed by atoms with van der Waals surface area (Å²) in [5, 5.41) is 9.64. The predicted octanol–water partition coefficient (Wildman–Crippen LogP) is -0.900. The largest absolute Gasteiger partial charge is 0.391 e. The van der Waals surface area contributed by atoms with Gasteiger partial charge in [0, 0.05) is 19.6 Å². The number of hydrogen-bond donors (Lipinski definition) is 3. The predicted molar refractivity (Wildman–Crippen MR) is 68.9 cm³/mol. The summed E-state index contributed by atoms with van der Waals surface area (Å²) in [6.45, 7) is 3.21. The van der Waals surface area contributed by atoms with Crippen LogP contribution in [-0.2, 0) is 6.54 Å². The lowest BCUT2D eigenvalue weighted by atomic mass is 10.1. The molecule has 0 spiro atoms. The second-order valence-electron chi connectivity index (χ2n) is 4.48. The van der Waals surface area contributed by atoms with Crippen molar-refractivity contribution in [1.29, 1.82) is 0 Å². The minimum atomic E-state index is -0.499. The molecule has 2 heterocycles. The molecule has 1 saturated heterocycles. The normalized spacial score (nSPS) is 20.1. The van der Waals surface area contributed by atoms with Gasteiger partial charge in [0.25, 0.3) is 5.56 Å². The number of nitrogens with zero attached hydrogens (tertiary/aromatic N) is 2. The molecule has 2 rings (SSSR count). The van der Waals surface area contributed by atoms with Gasteiger partial charge in [0.2, 0.25) is 0 Å². The third-order valence-corrected chi connectivity index (χ3v) is 3.24. The molecule has 0 amide bonds. The van der Waals surface area contributed by atoms with Gasteiger partial charge in [-0.15, -0.1) is 0 Å². The molecule has 0 aromatic carbocycles. The van der Waals surface area contributed by atoms with Crippen molar-refractivity contribution in [2.75, 3.05) is 23.7 Å². The maximum Gasteiger partial charge on any atom is 0.330 e. The molecule has 0 unspecified atom stereocenters. The zero-order valence-electron chi connectivity index (χ0n) is 10.3. The van der Waals surface area contributed by atoms with E-state index in [1.165, 1.54) is 4.57 Å². The second kappa shape index (κ2) is 4.85. The summed E-state index contributed by atoms with van der Waals surface area (Å²) in [6, 6.07) is 0. The van der Waals surface area contributed by atoms with Gasteiger partial charge in [-0.05, 0) is 19.8 Å². The zero-order chi connectivity index (χ0) is 13.3. The van der Waals surface area contributed by atoms with E-state index in [2.05, 4.69) is 4.98 Å². The molecule has 0 bridgehead atoms. The summed E-state index contributed by atoms with van der Waals surface area (Å²) in [4.78, 5) is 27.4. The number of aliphatic hydroxyl groups is 1. The molecule has 7 nitrogen and oxygen atoms in total. The van der Waals surface area contributed by atoms with Crippen molar-refractivity contribution < 1.29 is 5.11 Å². The van der Waals surface area contributed by atoms with Crippen molar-refractivity contribution >= 4 is 11.5 Å². The van der Waals surface area contributed by atoms with E-state index in [4.69, 9.17) is 5.73 Å². The van der Waals surface area contributed by atoms with E-state index in [0.717, 1.165) is 12.8 Å². The van der Waals surface area contributed by atoms with Gasteiger partial charge in [-0.3, -0.25) is 14.3 Å². The Morgan fingerprint density at radius 2 is 2.22 bits per heavy atom. The Morgan fingerprint density at radius 3 is 2.83 bits per heavy atom. The first-order valence-corrected chi connectivity index (χ1v) is 6.10. The number of anilines is 2. The maximum absolute atomic E-state index is 11.9. The van der Waals surface area contributed by atoms with E-state index >= 15 is 0 Å². The number of aromatic nitrogens is 2. The van der Waals surface area contributed by atoms with Gasteiger partial charge in [0.15, 0.2) is 0 Å². The van der Waals surface area contributed by atoms with Crippen LogP contribution in [-0.4, -0.2) is 33.9 Å². The molecule has 0 saturated carbocycles. The van der Waals surface area contributed by atoms with Crippen LogP contribution in [0, 0.1) is 0 Å². The molecule has 100 valence electrons. The van der Waals surface area contributed by atoms with Crippen LogP contribution in [0.15, 0.2) is 9.59 Å². The van der Waals surface area contributed by atoms with Gasteiger partial charge in [0.1, 0.15) is 11.5 Å². The van der Waals surface area contributed by atoms with E-state index in [1.807, 2.05) is 0 Å². The van der Waals surface area contributed by atoms with Gasteiger partial charge in [-0.25, -0.2) is 4.79 Å². The van der Waals surface area contributed by atoms with Crippen LogP contribution in [0.4, 0.5) is 11.5 Å². The molecule has 7 heteroatoms. The highest BCUT2D eigenvalue weighted by molar-refractivity contribution is 5.62. The second-order valence-corrected chi connectivity index (χ2v) is 4.48. The lowest BCUT2D eigenvalue weighted by Gasteiger charge is -2.32. The lowest BCUT2D eigenvalue weighted by Crippen LogP contribution is -2.44. The molecule has 1 aromatic rings. The fourth-order valence-corrected chi connectivity index (χ4v) is 2.35. The minimum Gasteiger partial charge on any atom is -0.391 e. The van der Waals surface area contributed by atoms with Crippen molar-refractivity contribution in [2.45, 2.75) is 32.4 Å². The monoisotopic (exact) mass is 254 g/mol. The highest BCUT2D eigenvalue weighted by Crippen LogP contribution is 2.21. The van der Waals surface area contributed by atoms with Gasteiger partial charge < -0.3 is 15.7 Å². The first-order valence-electron chi connectivity index (χ1n) is 6.10. The van der Waals surface area contributed by atoms with E-state index < -0.39 is 17.4 Å². The van der Waals surface area contributed by atoms with E-state index in [0.29, 0.717) is 19.6 Å². The third kappa shape index (κ3) is 2.13. The highest BCUT2D eigenvalue weighted by Gasteiger charge is 2.23. The number of nitrogens with two attached hydrogens (primary N) is 1. The number of nitrogens with one attached hydrogen (secondary N) is 1. The van der Waals surface area contributed by atoms with Crippen LogP contribution < -0.4 is 21.9 Å². The summed E-state index contributed by atoms with van der Waals surface area (Å²) in [7, 11) is 0. The maximum atomic E-state index is 11.9. The molecule has 18 heavy (non-hydrogen) atoms. The summed E-state index contributed by atoms with van der Waals surface area (Å²) in [5.74, 6) is 0.167. The molecular weight excluding hydrogens is 236 g/mol. The van der Waals surface area contributed by atoms with Crippen LogP contribution in [0.25, 0.3) is 0 Å². The van der Waals surface area contributed by atoms with Crippen molar-refractivity contribution in [3.63, 3.8) is 0 Å². The Morgan fingerprint density at radius 1 is 1.50 bits per heavy atom. The molecule has 1 atom stereocenters. The van der Waals surface area contributed by atoms with E-state index in [9.17, 15) is 14.7 Å². The first kappa shape index (κ1) is 12.7. The lowest BCUT2D eigenvalue weighted by molar-refractivity contribution is 0.154. The Kier molecular flexibility index (Phi) is 3.42. The fourth-order valence-electron chi connectivity index (χ4n) is 2.35. The number of aromatic amines is 1.